The van der Waals surface area contributed by atoms with Crippen LogP contribution in [0.2, 0.25) is 0 Å². The lowest BCUT2D eigenvalue weighted by molar-refractivity contribution is -0.123. The summed E-state index contributed by atoms with van der Waals surface area (Å²) in [6.45, 7) is 3.02. The van der Waals surface area contributed by atoms with Crippen LogP contribution in [0.25, 0.3) is 11.1 Å². The number of methoxy groups -OCH3 is 1. The molecule has 1 saturated carbocycles. The summed E-state index contributed by atoms with van der Waals surface area (Å²) in [7, 11) is 1.57. The highest BCUT2D eigenvalue weighted by atomic mass is 16.5. The predicted octanol–water partition coefficient (Wildman–Crippen LogP) is 4.01. The number of ether oxygens (including phenoxy) is 3. The quantitative estimate of drug-likeness (QED) is 0.361. The second kappa shape index (κ2) is 11.6. The molecule has 2 fully saturated rings. The molecule has 2 atom stereocenters. The van der Waals surface area contributed by atoms with Gasteiger partial charge in [0.15, 0.2) is 18.1 Å². The highest BCUT2D eigenvalue weighted by Crippen LogP contribution is 2.40. The van der Waals surface area contributed by atoms with Crippen LogP contribution in [-0.4, -0.2) is 60.9 Å². The van der Waals surface area contributed by atoms with E-state index in [9.17, 15) is 9.59 Å². The minimum Gasteiger partial charge on any atom is -0.493 e. The zero-order valence-corrected chi connectivity index (χ0v) is 24.5. The predicted molar refractivity (Wildman–Crippen MR) is 161 cm³/mol. The van der Waals surface area contributed by atoms with Crippen molar-refractivity contribution in [3.05, 3.63) is 83.2 Å². The topological polar surface area (TPSA) is 128 Å². The van der Waals surface area contributed by atoms with E-state index in [1.807, 2.05) is 72.5 Å². The molecular weight excluding hydrogens is 562 g/mol. The van der Waals surface area contributed by atoms with Crippen molar-refractivity contribution < 1.29 is 28.3 Å². The molecule has 1 aliphatic carbocycles. The van der Waals surface area contributed by atoms with Crippen LogP contribution in [0.15, 0.2) is 65.2 Å². The number of amides is 2. The Hall–Kier alpha value is -5.06. The average molecular weight is 596 g/mol. The van der Waals surface area contributed by atoms with Gasteiger partial charge in [-0.25, -0.2) is 0 Å². The first-order valence-electron chi connectivity index (χ1n) is 14.8. The highest BCUT2D eigenvalue weighted by molar-refractivity contribution is 5.96. The largest absolute Gasteiger partial charge is 0.493 e. The van der Waals surface area contributed by atoms with Crippen LogP contribution < -0.4 is 29.7 Å². The maximum absolute atomic E-state index is 13.7. The van der Waals surface area contributed by atoms with Crippen LogP contribution in [0.4, 0.5) is 5.95 Å². The smallest absolute Gasteiger partial charge is 0.266 e. The second-order valence-electron chi connectivity index (χ2n) is 11.5. The van der Waals surface area contributed by atoms with Gasteiger partial charge in [-0.3, -0.25) is 9.59 Å². The Morgan fingerprint density at radius 3 is 2.73 bits per heavy atom. The van der Waals surface area contributed by atoms with E-state index in [4.69, 9.17) is 18.7 Å². The van der Waals surface area contributed by atoms with E-state index in [0.29, 0.717) is 60.2 Å². The summed E-state index contributed by atoms with van der Waals surface area (Å²) < 4.78 is 23.5. The molecule has 0 spiro atoms. The minimum absolute atomic E-state index is 0.134. The number of aryl methyl sites for hydroxylation is 1. The van der Waals surface area contributed by atoms with Crippen molar-refractivity contribution in [2.75, 3.05) is 31.7 Å². The van der Waals surface area contributed by atoms with Gasteiger partial charge in [0, 0.05) is 24.6 Å². The molecule has 11 heteroatoms. The van der Waals surface area contributed by atoms with E-state index in [-0.39, 0.29) is 24.5 Å². The maximum Gasteiger partial charge on any atom is 0.266 e. The molecule has 0 unspecified atom stereocenters. The van der Waals surface area contributed by atoms with Crippen LogP contribution in [-0.2, 0) is 11.3 Å². The van der Waals surface area contributed by atoms with Crippen molar-refractivity contribution >= 4 is 17.8 Å². The number of nitrogens with zero attached hydrogens (tertiary/aromatic N) is 3. The van der Waals surface area contributed by atoms with Crippen LogP contribution in [0.5, 0.6) is 17.2 Å². The van der Waals surface area contributed by atoms with Crippen molar-refractivity contribution in [1.82, 2.24) is 20.8 Å². The Balaban J connectivity index is 1.23. The van der Waals surface area contributed by atoms with Crippen LogP contribution in [0.3, 0.4) is 0 Å². The molecule has 3 aromatic carbocycles. The monoisotopic (exact) mass is 595 g/mol. The molecule has 44 heavy (non-hydrogen) atoms. The van der Waals surface area contributed by atoms with Crippen molar-refractivity contribution in [2.24, 2.45) is 0 Å². The summed E-state index contributed by atoms with van der Waals surface area (Å²) in [6, 6.07) is 18.3. The number of nitrogens with one attached hydrogen (secondary N) is 2. The lowest BCUT2D eigenvalue weighted by atomic mass is 9.97. The first kappa shape index (κ1) is 27.8. The summed E-state index contributed by atoms with van der Waals surface area (Å²) in [5.74, 6) is 2.60. The molecule has 226 valence electrons. The van der Waals surface area contributed by atoms with Gasteiger partial charge in [-0.15, -0.1) is 0 Å². The Kier molecular flexibility index (Phi) is 7.29. The van der Waals surface area contributed by atoms with Gasteiger partial charge in [0.2, 0.25) is 5.89 Å². The van der Waals surface area contributed by atoms with Gasteiger partial charge in [0.05, 0.1) is 19.7 Å². The van der Waals surface area contributed by atoms with E-state index >= 15 is 0 Å². The third-order valence-electron chi connectivity index (χ3n) is 8.23. The van der Waals surface area contributed by atoms with E-state index in [1.165, 1.54) is 0 Å². The number of rotatable bonds is 3. The number of carbonyl (C=O) groups excluding carboxylic acids is 2. The fourth-order valence-electron chi connectivity index (χ4n) is 5.61. The Labute approximate surface area is 254 Å². The van der Waals surface area contributed by atoms with Crippen LogP contribution >= 0.6 is 0 Å². The molecule has 0 radical (unpaired) electrons. The molecule has 6 bridgehead atoms. The highest BCUT2D eigenvalue weighted by Gasteiger charge is 2.39. The first-order valence-corrected chi connectivity index (χ1v) is 14.8. The molecule has 2 amide bonds. The third kappa shape index (κ3) is 5.77. The average Bonchev–Trinajstić information content (AvgIpc) is 3.64. The van der Waals surface area contributed by atoms with Crippen LogP contribution in [0.1, 0.15) is 46.1 Å². The van der Waals surface area contributed by atoms with Gasteiger partial charge in [-0.1, -0.05) is 24.3 Å². The zero-order chi connectivity index (χ0) is 30.2. The molecule has 2 N–H and O–H groups in total. The van der Waals surface area contributed by atoms with E-state index in [1.54, 1.807) is 7.11 Å². The fraction of sp³-hybridized carbons (Fsp3) is 0.333. The standard InChI is InChI=1S/C33H33N5O6/c1-19-6-8-23-14-25(19)22-4-3-5-24(13-22)42-18-30(39)34-15-20-7-11-27(28(12-20)41-2)43-29-17-38(16-26(29)35-31(23)40)33-36-32(44-37-33)21-9-10-21/h3-8,11-14,21,26,29H,9-10,15-18H2,1-2H3,(H,34,39)(H,35,40)/t26-,29-/m0/s1. The first-order chi connectivity index (χ1) is 21.4. The van der Waals surface area contributed by atoms with Gasteiger partial charge in [0.1, 0.15) is 11.9 Å². The molecule has 11 nitrogen and oxygen atoms in total. The number of aromatic nitrogens is 2. The Morgan fingerprint density at radius 1 is 1.00 bits per heavy atom. The summed E-state index contributed by atoms with van der Waals surface area (Å²) in [5.41, 5.74) is 4.13. The number of anilines is 1. The fourth-order valence-corrected chi connectivity index (χ4v) is 5.61. The zero-order valence-electron chi connectivity index (χ0n) is 24.5. The van der Waals surface area contributed by atoms with Crippen molar-refractivity contribution in [1.29, 1.82) is 0 Å². The van der Waals surface area contributed by atoms with Crippen molar-refractivity contribution in [3.8, 4) is 28.4 Å². The normalized spacial score (nSPS) is 20.2. The Morgan fingerprint density at radius 2 is 1.89 bits per heavy atom. The van der Waals surface area contributed by atoms with E-state index in [2.05, 4.69) is 20.8 Å². The van der Waals surface area contributed by atoms with Gasteiger partial charge < -0.3 is 34.3 Å². The SMILES string of the molecule is COc1cc2ccc1O[C@H]1CN(c3noc(C4CC4)n3)C[C@@H]1NC(=O)c1ccc(C)c(c1)-c1cccc(c1)OCC(=O)NC2. The minimum atomic E-state index is -0.439. The molecule has 4 aliphatic rings. The number of fused-ring (bicyclic) bond motifs is 7. The summed E-state index contributed by atoms with van der Waals surface area (Å²) >= 11 is 0. The molecule has 3 aliphatic heterocycles. The molecule has 8 rings (SSSR count). The third-order valence-corrected chi connectivity index (χ3v) is 8.23. The number of carbonyl (C=O) groups is 2. The van der Waals surface area contributed by atoms with Crippen molar-refractivity contribution in [2.45, 2.75) is 44.4 Å². The molecule has 4 aromatic rings. The van der Waals surface area contributed by atoms with Gasteiger partial charge in [-0.05, 0) is 83.6 Å². The maximum atomic E-state index is 13.7. The molecular formula is C33H33N5O6. The van der Waals surface area contributed by atoms with E-state index < -0.39 is 6.10 Å². The lowest BCUT2D eigenvalue weighted by Crippen LogP contribution is -2.45. The van der Waals surface area contributed by atoms with Gasteiger partial charge in [0.25, 0.3) is 17.8 Å². The Bertz CT molecular complexity index is 1720. The number of hydrogen-bond acceptors (Lipinski definition) is 9. The van der Waals surface area contributed by atoms with Crippen LogP contribution in [0, 0.1) is 6.92 Å². The second-order valence-corrected chi connectivity index (χ2v) is 11.5. The van der Waals surface area contributed by atoms with Gasteiger partial charge in [-0.2, -0.15) is 4.98 Å². The molecule has 1 aromatic heterocycles. The summed E-state index contributed by atoms with van der Waals surface area (Å²) in [4.78, 5) is 32.9. The summed E-state index contributed by atoms with van der Waals surface area (Å²) in [6.07, 6.45) is 1.67. The summed E-state index contributed by atoms with van der Waals surface area (Å²) in [5, 5.41) is 10.3. The molecule has 4 heterocycles. The van der Waals surface area contributed by atoms with Gasteiger partial charge >= 0.3 is 0 Å². The van der Waals surface area contributed by atoms with E-state index in [0.717, 1.165) is 35.1 Å². The van der Waals surface area contributed by atoms with Crippen molar-refractivity contribution in [3.63, 3.8) is 0 Å². The molecule has 1 saturated heterocycles. The number of benzene rings is 3. The lowest BCUT2D eigenvalue weighted by Gasteiger charge is -2.23. The number of hydrogen-bond donors (Lipinski definition) is 2.